The third-order valence-corrected chi connectivity index (χ3v) is 5.84. The van der Waals surface area contributed by atoms with Gasteiger partial charge in [0.1, 0.15) is 5.60 Å². The van der Waals surface area contributed by atoms with Gasteiger partial charge in [0.15, 0.2) is 0 Å². The van der Waals surface area contributed by atoms with Crippen molar-refractivity contribution in [2.24, 2.45) is 0 Å². The molecule has 0 unspecified atom stereocenters. The molecule has 0 N–H and O–H groups in total. The van der Waals surface area contributed by atoms with Crippen LogP contribution in [0.1, 0.15) is 62.8 Å². The molecule has 1 aromatic carbocycles. The van der Waals surface area contributed by atoms with Crippen molar-refractivity contribution < 1.29 is 19.1 Å². The largest absolute Gasteiger partial charge is 0.444 e. The Kier molecular flexibility index (Phi) is 6.52. The molecule has 6 nitrogen and oxygen atoms in total. The Labute approximate surface area is 174 Å². The number of carbonyl (C=O) groups is 2. The molecular formula is C23H34N2O4. The molecular weight excluding hydrogens is 368 g/mol. The molecule has 0 bridgehead atoms. The summed E-state index contributed by atoms with van der Waals surface area (Å²) in [6, 6.07) is 6.14. The van der Waals surface area contributed by atoms with Gasteiger partial charge in [-0.05, 0) is 64.2 Å². The van der Waals surface area contributed by atoms with Crippen molar-refractivity contribution in [3.8, 4) is 0 Å². The van der Waals surface area contributed by atoms with Gasteiger partial charge >= 0.3 is 6.09 Å². The number of benzene rings is 1. The van der Waals surface area contributed by atoms with Crippen LogP contribution >= 0.6 is 0 Å². The average molecular weight is 403 g/mol. The Morgan fingerprint density at radius 2 is 1.93 bits per heavy atom. The van der Waals surface area contributed by atoms with Gasteiger partial charge in [-0.1, -0.05) is 18.2 Å². The van der Waals surface area contributed by atoms with Gasteiger partial charge in [0, 0.05) is 19.5 Å². The highest BCUT2D eigenvalue weighted by molar-refractivity contribution is 5.79. The molecule has 0 aliphatic carbocycles. The number of hydrogen-bond donors (Lipinski definition) is 0. The summed E-state index contributed by atoms with van der Waals surface area (Å²) in [6.07, 6.45) is 1.88. The van der Waals surface area contributed by atoms with Crippen LogP contribution in [0.5, 0.6) is 0 Å². The van der Waals surface area contributed by atoms with E-state index in [4.69, 9.17) is 9.47 Å². The fourth-order valence-corrected chi connectivity index (χ4v) is 4.23. The van der Waals surface area contributed by atoms with E-state index in [1.165, 1.54) is 16.7 Å². The van der Waals surface area contributed by atoms with Crippen LogP contribution in [0.15, 0.2) is 18.2 Å². The van der Waals surface area contributed by atoms with Gasteiger partial charge in [-0.3, -0.25) is 4.79 Å². The lowest BCUT2D eigenvalue weighted by molar-refractivity contribution is -0.135. The molecule has 3 rings (SSSR count). The van der Waals surface area contributed by atoms with Gasteiger partial charge < -0.3 is 19.3 Å². The van der Waals surface area contributed by atoms with Crippen molar-refractivity contribution in [1.29, 1.82) is 0 Å². The molecule has 2 atom stereocenters. The summed E-state index contributed by atoms with van der Waals surface area (Å²) < 4.78 is 11.1. The molecule has 0 radical (unpaired) electrons. The third-order valence-electron chi connectivity index (χ3n) is 5.84. The van der Waals surface area contributed by atoms with E-state index >= 15 is 0 Å². The summed E-state index contributed by atoms with van der Waals surface area (Å²) in [5.74, 6) is 0.0810. The standard InChI is InChI=1S/C23H34N2O4/c1-16-8-6-9-19(17(16)2)20-10-7-11-25(20)21(26)14-18-15-28-13-12-24(18)22(27)29-23(3,4)5/h6,8-9,18,20H,7,10-15H2,1-5H3/t18-,20+/m1/s1. The summed E-state index contributed by atoms with van der Waals surface area (Å²) in [6.45, 7) is 11.8. The molecule has 6 heteroatoms. The fourth-order valence-electron chi connectivity index (χ4n) is 4.23. The van der Waals surface area contributed by atoms with Crippen LogP contribution < -0.4 is 0 Å². The van der Waals surface area contributed by atoms with E-state index in [0.717, 1.165) is 19.4 Å². The lowest BCUT2D eigenvalue weighted by Crippen LogP contribution is -2.52. The normalized spacial score (nSPS) is 22.7. The highest BCUT2D eigenvalue weighted by Crippen LogP contribution is 2.35. The van der Waals surface area contributed by atoms with E-state index in [1.54, 1.807) is 4.90 Å². The predicted molar refractivity (Wildman–Crippen MR) is 112 cm³/mol. The Hall–Kier alpha value is -2.08. The smallest absolute Gasteiger partial charge is 0.410 e. The second-order valence-corrected chi connectivity index (χ2v) is 9.14. The second kappa shape index (κ2) is 8.74. The van der Waals surface area contributed by atoms with Crippen LogP contribution in [-0.4, -0.2) is 59.7 Å². The number of nitrogens with zero attached hydrogens (tertiary/aromatic N) is 2. The summed E-state index contributed by atoms with van der Waals surface area (Å²) in [4.78, 5) is 29.5. The minimum Gasteiger partial charge on any atom is -0.444 e. The fraction of sp³-hybridized carbons (Fsp3) is 0.652. The zero-order valence-corrected chi connectivity index (χ0v) is 18.4. The Morgan fingerprint density at radius 3 is 2.66 bits per heavy atom. The zero-order chi connectivity index (χ0) is 21.2. The van der Waals surface area contributed by atoms with E-state index in [-0.39, 0.29) is 30.5 Å². The van der Waals surface area contributed by atoms with Crippen LogP contribution in [0, 0.1) is 13.8 Å². The van der Waals surface area contributed by atoms with Crippen molar-refractivity contribution in [3.05, 3.63) is 34.9 Å². The lowest BCUT2D eigenvalue weighted by atomic mass is 9.95. The van der Waals surface area contributed by atoms with E-state index < -0.39 is 5.60 Å². The van der Waals surface area contributed by atoms with Crippen LogP contribution in [0.25, 0.3) is 0 Å². The quantitative estimate of drug-likeness (QED) is 0.767. The lowest BCUT2D eigenvalue weighted by Gasteiger charge is -2.37. The van der Waals surface area contributed by atoms with Gasteiger partial charge in [0.2, 0.25) is 5.91 Å². The maximum Gasteiger partial charge on any atom is 0.410 e. The van der Waals surface area contributed by atoms with Crippen molar-refractivity contribution >= 4 is 12.0 Å². The van der Waals surface area contributed by atoms with Gasteiger partial charge in [-0.25, -0.2) is 4.79 Å². The molecule has 2 heterocycles. The predicted octanol–water partition coefficient (Wildman–Crippen LogP) is 3.99. The molecule has 2 amide bonds. The topological polar surface area (TPSA) is 59.1 Å². The van der Waals surface area contributed by atoms with Gasteiger partial charge in [-0.15, -0.1) is 0 Å². The van der Waals surface area contributed by atoms with Crippen molar-refractivity contribution in [1.82, 2.24) is 9.80 Å². The van der Waals surface area contributed by atoms with Crippen molar-refractivity contribution in [2.45, 2.75) is 71.6 Å². The molecule has 2 aliphatic heterocycles. The number of ether oxygens (including phenoxy) is 2. The molecule has 2 saturated heterocycles. The first-order valence-electron chi connectivity index (χ1n) is 10.6. The number of rotatable bonds is 3. The molecule has 1 aromatic rings. The maximum atomic E-state index is 13.2. The second-order valence-electron chi connectivity index (χ2n) is 9.14. The highest BCUT2D eigenvalue weighted by Gasteiger charge is 2.36. The minimum atomic E-state index is -0.563. The summed E-state index contributed by atoms with van der Waals surface area (Å²) in [7, 11) is 0. The van der Waals surface area contributed by atoms with E-state index in [1.807, 2.05) is 25.7 Å². The molecule has 0 spiro atoms. The minimum absolute atomic E-state index is 0.0810. The van der Waals surface area contributed by atoms with E-state index in [0.29, 0.717) is 19.8 Å². The number of morpholine rings is 1. The van der Waals surface area contributed by atoms with Gasteiger partial charge in [-0.2, -0.15) is 0 Å². The molecule has 2 fully saturated rings. The third kappa shape index (κ3) is 5.10. The molecule has 2 aliphatic rings. The van der Waals surface area contributed by atoms with E-state index in [9.17, 15) is 9.59 Å². The first kappa shape index (κ1) is 21.6. The van der Waals surface area contributed by atoms with Gasteiger partial charge in [0.25, 0.3) is 0 Å². The molecule has 0 saturated carbocycles. The van der Waals surface area contributed by atoms with Crippen molar-refractivity contribution in [2.75, 3.05) is 26.3 Å². The van der Waals surface area contributed by atoms with Crippen LogP contribution in [0.3, 0.4) is 0 Å². The Balaban J connectivity index is 1.72. The number of amides is 2. The maximum absolute atomic E-state index is 13.2. The van der Waals surface area contributed by atoms with Crippen LogP contribution in [-0.2, 0) is 14.3 Å². The Morgan fingerprint density at radius 1 is 1.17 bits per heavy atom. The number of hydrogen-bond acceptors (Lipinski definition) is 4. The molecule has 160 valence electrons. The van der Waals surface area contributed by atoms with Crippen LogP contribution in [0.4, 0.5) is 4.79 Å². The summed E-state index contributed by atoms with van der Waals surface area (Å²) in [5, 5.41) is 0. The summed E-state index contributed by atoms with van der Waals surface area (Å²) >= 11 is 0. The average Bonchev–Trinajstić information content (AvgIpc) is 3.12. The summed E-state index contributed by atoms with van der Waals surface area (Å²) in [5.41, 5.74) is 3.18. The molecule has 29 heavy (non-hydrogen) atoms. The zero-order valence-electron chi connectivity index (χ0n) is 18.4. The highest BCUT2D eigenvalue weighted by atomic mass is 16.6. The number of likely N-dealkylation sites (tertiary alicyclic amines) is 1. The van der Waals surface area contributed by atoms with E-state index in [2.05, 4.69) is 32.0 Å². The molecule has 0 aromatic heterocycles. The monoisotopic (exact) mass is 402 g/mol. The van der Waals surface area contributed by atoms with Crippen molar-refractivity contribution in [3.63, 3.8) is 0 Å². The van der Waals surface area contributed by atoms with Gasteiger partial charge in [0.05, 0.1) is 25.3 Å². The SMILES string of the molecule is Cc1cccc([C@@H]2CCCN2C(=O)C[C@@H]2COCCN2C(=O)OC(C)(C)C)c1C. The first-order chi connectivity index (χ1) is 13.7. The number of aryl methyl sites for hydroxylation is 1. The van der Waals surface area contributed by atoms with Crippen LogP contribution in [0.2, 0.25) is 0 Å². The number of carbonyl (C=O) groups excluding carboxylic acids is 2. The Bertz CT molecular complexity index is 756. The first-order valence-corrected chi connectivity index (χ1v) is 10.6.